The van der Waals surface area contributed by atoms with Gasteiger partial charge in [0.2, 0.25) is 11.8 Å². The molecule has 1 aromatic carbocycles. The van der Waals surface area contributed by atoms with Gasteiger partial charge in [-0.3, -0.25) is 24.6 Å². The van der Waals surface area contributed by atoms with Gasteiger partial charge in [0.25, 0.3) is 5.91 Å². The van der Waals surface area contributed by atoms with Crippen LogP contribution in [0.25, 0.3) is 0 Å². The van der Waals surface area contributed by atoms with Gasteiger partial charge in [-0.2, -0.15) is 0 Å². The van der Waals surface area contributed by atoms with Gasteiger partial charge in [-0.25, -0.2) is 0 Å². The molecule has 3 amide bonds. The van der Waals surface area contributed by atoms with E-state index in [9.17, 15) is 14.4 Å². The Labute approximate surface area is 182 Å². The van der Waals surface area contributed by atoms with Crippen LogP contribution < -0.4 is 5.32 Å². The van der Waals surface area contributed by atoms with Crippen molar-refractivity contribution >= 4 is 17.7 Å². The highest BCUT2D eigenvalue weighted by Gasteiger charge is 2.39. The van der Waals surface area contributed by atoms with E-state index in [1.165, 1.54) is 11.1 Å². The fourth-order valence-corrected chi connectivity index (χ4v) is 5.19. The van der Waals surface area contributed by atoms with E-state index >= 15 is 0 Å². The Bertz CT molecular complexity index is 1040. The summed E-state index contributed by atoms with van der Waals surface area (Å²) in [4.78, 5) is 40.7. The number of hydrogen-bond acceptors (Lipinski definition) is 4. The highest BCUT2D eigenvalue weighted by molar-refractivity contribution is 6.05. The van der Waals surface area contributed by atoms with Gasteiger partial charge in [-0.1, -0.05) is 12.1 Å². The van der Waals surface area contributed by atoms with Gasteiger partial charge in [-0.15, -0.1) is 0 Å². The van der Waals surface area contributed by atoms with E-state index in [4.69, 9.17) is 0 Å². The van der Waals surface area contributed by atoms with Crippen molar-refractivity contribution < 1.29 is 14.4 Å². The van der Waals surface area contributed by atoms with Crippen LogP contribution >= 0.6 is 0 Å². The molecule has 1 aromatic heterocycles. The van der Waals surface area contributed by atoms with Gasteiger partial charge in [0.15, 0.2) is 0 Å². The highest BCUT2D eigenvalue weighted by Crippen LogP contribution is 2.33. The second-order valence-corrected chi connectivity index (χ2v) is 9.05. The number of carbonyl (C=O) groups excluding carboxylic acids is 3. The molecule has 1 N–H and O–H groups in total. The number of benzene rings is 1. The maximum absolute atomic E-state index is 12.9. The Balaban J connectivity index is 1.23. The second-order valence-electron chi connectivity index (χ2n) is 9.05. The molecule has 1 unspecified atom stereocenters. The molecule has 2 saturated heterocycles. The molecule has 0 radical (unpaired) electrons. The Morgan fingerprint density at radius 3 is 2.58 bits per heavy atom. The first-order valence-electron chi connectivity index (χ1n) is 11.1. The van der Waals surface area contributed by atoms with Crippen LogP contribution in [0.1, 0.15) is 58.6 Å². The monoisotopic (exact) mass is 420 g/mol. The minimum atomic E-state index is -0.553. The van der Waals surface area contributed by atoms with Crippen molar-refractivity contribution in [1.82, 2.24) is 19.7 Å². The largest absolute Gasteiger partial charge is 0.357 e. The molecule has 4 heterocycles. The van der Waals surface area contributed by atoms with Crippen LogP contribution in [-0.2, 0) is 29.7 Å². The van der Waals surface area contributed by atoms with Crippen LogP contribution in [0, 0.1) is 0 Å². The maximum atomic E-state index is 12.9. The number of imide groups is 1. The average molecular weight is 421 g/mol. The van der Waals surface area contributed by atoms with Gasteiger partial charge in [0.1, 0.15) is 6.04 Å². The zero-order valence-electron chi connectivity index (χ0n) is 17.8. The Morgan fingerprint density at radius 1 is 1.06 bits per heavy atom. The number of aryl methyl sites for hydroxylation is 1. The standard InChI is InChI=1S/C24H28N4O3/c1-26-9-6-16(13-26)14-27-10-7-17(8-11-27)18-2-3-20-19(12-18)15-28(24(20)31)21-4-5-22(29)25-23(21)30/h2-3,6,9,12-13,17,21H,4-5,7-8,10-11,14-15H2,1H3,(H,25,29,30). The summed E-state index contributed by atoms with van der Waals surface area (Å²) < 4.78 is 2.09. The molecule has 162 valence electrons. The fraction of sp³-hybridized carbons (Fsp3) is 0.458. The van der Waals surface area contributed by atoms with E-state index in [2.05, 4.69) is 52.4 Å². The van der Waals surface area contributed by atoms with Crippen molar-refractivity contribution in [2.75, 3.05) is 13.1 Å². The molecule has 0 spiro atoms. The predicted molar refractivity (Wildman–Crippen MR) is 115 cm³/mol. The molecule has 0 aliphatic carbocycles. The van der Waals surface area contributed by atoms with Gasteiger partial charge >= 0.3 is 0 Å². The molecule has 2 aromatic rings. The quantitative estimate of drug-likeness (QED) is 0.770. The Kier molecular flexibility index (Phi) is 5.14. The molecule has 3 aliphatic rings. The molecule has 2 fully saturated rings. The molecular formula is C24H28N4O3. The van der Waals surface area contributed by atoms with E-state index in [0.717, 1.165) is 38.0 Å². The minimum Gasteiger partial charge on any atom is -0.357 e. The van der Waals surface area contributed by atoms with E-state index in [1.807, 2.05) is 6.07 Å². The zero-order chi connectivity index (χ0) is 21.5. The van der Waals surface area contributed by atoms with E-state index in [0.29, 0.717) is 24.4 Å². The summed E-state index contributed by atoms with van der Waals surface area (Å²) in [5, 5.41) is 2.36. The molecule has 1 atom stereocenters. The van der Waals surface area contributed by atoms with Crippen molar-refractivity contribution in [3.63, 3.8) is 0 Å². The molecule has 0 bridgehead atoms. The Hall–Kier alpha value is -2.93. The third-order valence-electron chi connectivity index (χ3n) is 6.91. The summed E-state index contributed by atoms with van der Waals surface area (Å²) in [5.74, 6) is -0.222. The highest BCUT2D eigenvalue weighted by atomic mass is 16.2. The maximum Gasteiger partial charge on any atom is 0.255 e. The molecule has 5 rings (SSSR count). The third-order valence-corrected chi connectivity index (χ3v) is 6.91. The summed E-state index contributed by atoms with van der Waals surface area (Å²) in [6, 6.07) is 7.80. The molecule has 31 heavy (non-hydrogen) atoms. The van der Waals surface area contributed by atoms with Gasteiger partial charge in [0.05, 0.1) is 0 Å². The van der Waals surface area contributed by atoms with Gasteiger partial charge < -0.3 is 9.47 Å². The van der Waals surface area contributed by atoms with Crippen LogP contribution in [0.4, 0.5) is 0 Å². The molecule has 7 nitrogen and oxygen atoms in total. The van der Waals surface area contributed by atoms with Crippen molar-refractivity contribution in [2.45, 2.75) is 50.7 Å². The number of fused-ring (bicyclic) bond motifs is 1. The number of amides is 3. The third kappa shape index (κ3) is 3.90. The van der Waals surface area contributed by atoms with Crippen molar-refractivity contribution in [2.24, 2.45) is 7.05 Å². The lowest BCUT2D eigenvalue weighted by Crippen LogP contribution is -2.52. The lowest BCUT2D eigenvalue weighted by Gasteiger charge is -2.32. The number of aromatic nitrogens is 1. The molecule has 0 saturated carbocycles. The first kappa shape index (κ1) is 20.0. The smallest absolute Gasteiger partial charge is 0.255 e. The van der Waals surface area contributed by atoms with Crippen LogP contribution in [0.15, 0.2) is 36.7 Å². The number of nitrogens with one attached hydrogen (secondary N) is 1. The first-order chi connectivity index (χ1) is 15.0. The van der Waals surface area contributed by atoms with Crippen LogP contribution in [0.3, 0.4) is 0 Å². The summed E-state index contributed by atoms with van der Waals surface area (Å²) in [6.07, 6.45) is 7.16. The van der Waals surface area contributed by atoms with Crippen LogP contribution in [0.2, 0.25) is 0 Å². The summed E-state index contributed by atoms with van der Waals surface area (Å²) in [5.41, 5.74) is 4.33. The topological polar surface area (TPSA) is 74.7 Å². The summed E-state index contributed by atoms with van der Waals surface area (Å²) in [6.45, 7) is 3.57. The normalized spacial score (nSPS) is 22.7. The van der Waals surface area contributed by atoms with Crippen LogP contribution in [0.5, 0.6) is 0 Å². The fourth-order valence-electron chi connectivity index (χ4n) is 5.19. The lowest BCUT2D eigenvalue weighted by atomic mass is 9.88. The molecule has 3 aliphatic heterocycles. The van der Waals surface area contributed by atoms with Gasteiger partial charge in [0, 0.05) is 44.5 Å². The number of carbonyl (C=O) groups is 3. The van der Waals surface area contributed by atoms with Crippen molar-refractivity contribution in [1.29, 1.82) is 0 Å². The lowest BCUT2D eigenvalue weighted by molar-refractivity contribution is -0.136. The molecule has 7 heteroatoms. The van der Waals surface area contributed by atoms with Crippen molar-refractivity contribution in [3.05, 3.63) is 58.9 Å². The van der Waals surface area contributed by atoms with E-state index in [1.54, 1.807) is 4.90 Å². The number of piperidine rings is 2. The van der Waals surface area contributed by atoms with Crippen LogP contribution in [-0.4, -0.2) is 51.2 Å². The second kappa shape index (κ2) is 7.96. The number of likely N-dealkylation sites (tertiary alicyclic amines) is 1. The average Bonchev–Trinajstić information content (AvgIpc) is 3.31. The minimum absolute atomic E-state index is 0.103. The SMILES string of the molecule is Cn1ccc(CN2CCC(c3ccc4c(c3)CN(C3CCC(=O)NC3=O)C4=O)CC2)c1. The molecular weight excluding hydrogens is 392 g/mol. The number of nitrogens with zero attached hydrogens (tertiary/aromatic N) is 3. The van der Waals surface area contributed by atoms with Gasteiger partial charge in [-0.05, 0) is 67.1 Å². The number of rotatable bonds is 4. The predicted octanol–water partition coefficient (Wildman–Crippen LogP) is 2.17. The number of hydrogen-bond donors (Lipinski definition) is 1. The van der Waals surface area contributed by atoms with E-state index < -0.39 is 6.04 Å². The summed E-state index contributed by atoms with van der Waals surface area (Å²) >= 11 is 0. The first-order valence-corrected chi connectivity index (χ1v) is 11.1. The zero-order valence-corrected chi connectivity index (χ0v) is 17.8. The summed E-state index contributed by atoms with van der Waals surface area (Å²) in [7, 11) is 2.05. The van der Waals surface area contributed by atoms with Crippen molar-refractivity contribution in [3.8, 4) is 0 Å². The Morgan fingerprint density at radius 2 is 1.87 bits per heavy atom. The van der Waals surface area contributed by atoms with E-state index in [-0.39, 0.29) is 24.1 Å².